The molecule has 0 bridgehead atoms. The number of nitrogens with zero attached hydrogens (tertiary/aromatic N) is 5. The van der Waals surface area contributed by atoms with Gasteiger partial charge >= 0.3 is 0 Å². The van der Waals surface area contributed by atoms with Gasteiger partial charge < -0.3 is 4.57 Å². The van der Waals surface area contributed by atoms with E-state index in [1.54, 1.807) is 0 Å². The molecule has 0 N–H and O–H groups in total. The fraction of sp³-hybridized carbons (Fsp3) is 0. The van der Waals surface area contributed by atoms with Crippen molar-refractivity contribution in [1.29, 1.82) is 0 Å². The highest BCUT2D eigenvalue weighted by Gasteiger charge is 2.21. The van der Waals surface area contributed by atoms with Gasteiger partial charge in [-0.15, -0.1) is 11.3 Å². The van der Waals surface area contributed by atoms with Gasteiger partial charge in [-0.05, 0) is 59.7 Å². The lowest BCUT2D eigenvalue weighted by Crippen LogP contribution is -2.06. The van der Waals surface area contributed by atoms with Crippen LogP contribution in [0.4, 0.5) is 0 Å². The molecule has 5 nitrogen and oxygen atoms in total. The fourth-order valence-electron chi connectivity index (χ4n) is 8.61. The average Bonchev–Trinajstić information content (AvgIpc) is 3.93. The molecule has 0 unspecified atom stereocenters. The van der Waals surface area contributed by atoms with E-state index in [1.807, 2.05) is 29.5 Å². The molecule has 0 amide bonds. The van der Waals surface area contributed by atoms with Crippen molar-refractivity contribution in [2.24, 2.45) is 0 Å². The fourth-order valence-corrected chi connectivity index (χ4v) is 9.85. The van der Waals surface area contributed by atoms with Crippen LogP contribution in [-0.4, -0.2) is 24.1 Å². The molecule has 0 saturated carbocycles. The van der Waals surface area contributed by atoms with Gasteiger partial charge in [0.15, 0.2) is 11.6 Å². The minimum Gasteiger partial charge on any atom is -0.309 e. The third-order valence-electron chi connectivity index (χ3n) is 11.2. The van der Waals surface area contributed by atoms with Crippen molar-refractivity contribution in [2.45, 2.75) is 0 Å². The number of para-hydroxylation sites is 3. The smallest absolute Gasteiger partial charge is 0.238 e. The van der Waals surface area contributed by atoms with Gasteiger partial charge in [0, 0.05) is 58.5 Å². The maximum atomic E-state index is 5.34. The number of benzene rings is 8. The minimum absolute atomic E-state index is 0.577. The van der Waals surface area contributed by atoms with E-state index in [0.29, 0.717) is 17.6 Å². The van der Waals surface area contributed by atoms with Crippen LogP contribution in [0.1, 0.15) is 0 Å². The predicted molar refractivity (Wildman–Crippen MR) is 238 cm³/mol. The van der Waals surface area contributed by atoms with E-state index >= 15 is 0 Å². The van der Waals surface area contributed by atoms with E-state index in [1.165, 1.54) is 42.0 Å². The molecule has 4 heterocycles. The van der Waals surface area contributed by atoms with Crippen molar-refractivity contribution in [3.05, 3.63) is 188 Å². The number of hydrogen-bond acceptors (Lipinski definition) is 4. The van der Waals surface area contributed by atoms with Crippen molar-refractivity contribution in [2.75, 3.05) is 0 Å². The molecule has 266 valence electrons. The summed E-state index contributed by atoms with van der Waals surface area (Å²) in [5.74, 6) is 1.82. The maximum Gasteiger partial charge on any atom is 0.238 e. The number of hydrogen-bond donors (Lipinski definition) is 0. The van der Waals surface area contributed by atoms with E-state index in [-0.39, 0.29) is 0 Å². The molecular weight excluding hydrogens is 715 g/mol. The monoisotopic (exact) mass is 745 g/mol. The van der Waals surface area contributed by atoms with E-state index in [2.05, 4.69) is 179 Å². The van der Waals surface area contributed by atoms with E-state index in [9.17, 15) is 0 Å². The van der Waals surface area contributed by atoms with Crippen LogP contribution in [0.5, 0.6) is 0 Å². The molecular formula is C51H31N5S. The van der Waals surface area contributed by atoms with Crippen molar-refractivity contribution >= 4 is 75.1 Å². The molecule has 0 aliphatic carbocycles. The van der Waals surface area contributed by atoms with Crippen LogP contribution in [0.2, 0.25) is 0 Å². The van der Waals surface area contributed by atoms with Crippen LogP contribution in [0, 0.1) is 0 Å². The Morgan fingerprint density at radius 1 is 0.351 bits per heavy atom. The third-order valence-corrected chi connectivity index (χ3v) is 12.4. The van der Waals surface area contributed by atoms with E-state index in [0.717, 1.165) is 49.7 Å². The van der Waals surface area contributed by atoms with Gasteiger partial charge in [-0.25, -0.2) is 4.98 Å². The number of fused-ring (bicyclic) bond motifs is 9. The van der Waals surface area contributed by atoms with Gasteiger partial charge in [0.1, 0.15) is 0 Å². The molecule has 57 heavy (non-hydrogen) atoms. The zero-order valence-electron chi connectivity index (χ0n) is 30.5. The predicted octanol–water partition coefficient (Wildman–Crippen LogP) is 13.4. The average molecular weight is 746 g/mol. The Hall–Kier alpha value is -7.41. The summed E-state index contributed by atoms with van der Waals surface area (Å²) in [7, 11) is 0. The molecule has 8 aromatic carbocycles. The van der Waals surface area contributed by atoms with Crippen molar-refractivity contribution in [1.82, 2.24) is 24.1 Å². The Bertz CT molecular complexity index is 3520. The van der Waals surface area contributed by atoms with E-state index in [4.69, 9.17) is 15.0 Å². The standard InChI is InChI=1S/C51H31N5S/c1-3-15-32(16-4-1)49-52-50(34-18-13-17-33(29-34)36-24-14-25-40-39-23-9-12-28-47(39)57-48(36)40)54-51(53-49)56-44-27-11-8-22-38(44)42-30-45-41(31-46(42)56)37-21-7-10-26-43(37)55(45)35-19-5-2-6-20-35/h1-31H. The molecule has 4 aromatic heterocycles. The Morgan fingerprint density at radius 2 is 0.895 bits per heavy atom. The highest BCUT2D eigenvalue weighted by atomic mass is 32.1. The zero-order valence-corrected chi connectivity index (χ0v) is 31.4. The first-order valence-corrected chi connectivity index (χ1v) is 19.9. The molecule has 0 saturated heterocycles. The summed E-state index contributed by atoms with van der Waals surface area (Å²) in [6, 6.07) is 66.6. The normalized spacial score (nSPS) is 11.9. The topological polar surface area (TPSA) is 48.5 Å². The first kappa shape index (κ1) is 31.9. The van der Waals surface area contributed by atoms with Gasteiger partial charge in [0.25, 0.3) is 0 Å². The molecule has 0 atom stereocenters. The van der Waals surface area contributed by atoms with Crippen LogP contribution >= 0.6 is 11.3 Å². The second kappa shape index (κ2) is 12.6. The van der Waals surface area contributed by atoms with Gasteiger partial charge in [0.05, 0.1) is 22.1 Å². The minimum atomic E-state index is 0.577. The highest BCUT2D eigenvalue weighted by molar-refractivity contribution is 7.26. The van der Waals surface area contributed by atoms with Gasteiger partial charge in [-0.3, -0.25) is 4.57 Å². The summed E-state index contributed by atoms with van der Waals surface area (Å²) < 4.78 is 7.16. The zero-order chi connectivity index (χ0) is 37.5. The second-order valence-corrected chi connectivity index (χ2v) is 15.5. The molecule has 0 aliphatic heterocycles. The van der Waals surface area contributed by atoms with Crippen LogP contribution < -0.4 is 0 Å². The Labute approximate surface area is 331 Å². The molecule has 0 radical (unpaired) electrons. The van der Waals surface area contributed by atoms with Crippen LogP contribution in [0.3, 0.4) is 0 Å². The van der Waals surface area contributed by atoms with Crippen LogP contribution in [-0.2, 0) is 0 Å². The van der Waals surface area contributed by atoms with Crippen LogP contribution in [0.25, 0.3) is 109 Å². The summed E-state index contributed by atoms with van der Waals surface area (Å²) in [6.45, 7) is 0. The molecule has 12 aromatic rings. The molecule has 0 spiro atoms. The Balaban J connectivity index is 1.11. The lowest BCUT2D eigenvalue weighted by Gasteiger charge is -2.12. The quantitative estimate of drug-likeness (QED) is 0.176. The van der Waals surface area contributed by atoms with E-state index < -0.39 is 0 Å². The Morgan fingerprint density at radius 3 is 1.65 bits per heavy atom. The maximum absolute atomic E-state index is 5.34. The van der Waals surface area contributed by atoms with Gasteiger partial charge in [0.2, 0.25) is 5.95 Å². The van der Waals surface area contributed by atoms with Crippen molar-refractivity contribution < 1.29 is 0 Å². The SMILES string of the molecule is c1ccc(-c2nc(-c3cccc(-c4cccc5c4sc4ccccc45)c3)nc(-n3c4ccccc4c4cc5c(cc43)c3ccccc3n5-c3ccccc3)n2)cc1. The number of aromatic nitrogens is 5. The second-order valence-electron chi connectivity index (χ2n) is 14.4. The first-order chi connectivity index (χ1) is 28.3. The lowest BCUT2D eigenvalue weighted by molar-refractivity contribution is 0.954. The number of rotatable bonds is 5. The molecule has 12 rings (SSSR count). The molecule has 0 fully saturated rings. The summed E-state index contributed by atoms with van der Waals surface area (Å²) in [5, 5.41) is 7.21. The van der Waals surface area contributed by atoms with Crippen LogP contribution in [0.15, 0.2) is 188 Å². The van der Waals surface area contributed by atoms with Gasteiger partial charge in [-0.1, -0.05) is 140 Å². The summed E-state index contributed by atoms with van der Waals surface area (Å²) >= 11 is 1.84. The summed E-state index contributed by atoms with van der Waals surface area (Å²) in [5.41, 5.74) is 9.73. The molecule has 0 aliphatic rings. The molecule has 6 heteroatoms. The largest absolute Gasteiger partial charge is 0.309 e. The van der Waals surface area contributed by atoms with Crippen molar-refractivity contribution in [3.63, 3.8) is 0 Å². The number of thiophene rings is 1. The summed E-state index contributed by atoms with van der Waals surface area (Å²) in [4.78, 5) is 15.8. The summed E-state index contributed by atoms with van der Waals surface area (Å²) in [6.07, 6.45) is 0. The Kier molecular flexibility index (Phi) is 7.03. The third kappa shape index (κ3) is 4.98. The first-order valence-electron chi connectivity index (χ1n) is 19.1. The highest BCUT2D eigenvalue weighted by Crippen LogP contribution is 2.42. The van der Waals surface area contributed by atoms with Gasteiger partial charge in [-0.2, -0.15) is 9.97 Å². The lowest BCUT2D eigenvalue weighted by atomic mass is 10.0. The van der Waals surface area contributed by atoms with Crippen molar-refractivity contribution in [3.8, 4) is 45.5 Å².